The van der Waals surface area contributed by atoms with Gasteiger partial charge in [-0.1, -0.05) is 17.8 Å². The van der Waals surface area contributed by atoms with Gasteiger partial charge in [-0.3, -0.25) is 4.79 Å². The van der Waals surface area contributed by atoms with E-state index in [4.69, 9.17) is 4.74 Å². The van der Waals surface area contributed by atoms with Crippen molar-refractivity contribution in [2.45, 2.75) is 18.2 Å². The van der Waals surface area contributed by atoms with Crippen molar-refractivity contribution < 1.29 is 22.3 Å². The number of fused-ring (bicyclic) bond motifs is 1. The van der Waals surface area contributed by atoms with Crippen molar-refractivity contribution in [3.05, 3.63) is 29.6 Å². The van der Waals surface area contributed by atoms with Crippen LogP contribution >= 0.6 is 11.8 Å². The third kappa shape index (κ3) is 3.33. The van der Waals surface area contributed by atoms with E-state index in [0.717, 1.165) is 0 Å². The van der Waals surface area contributed by atoms with Gasteiger partial charge in [0, 0.05) is 18.0 Å². The molecule has 0 unspecified atom stereocenters. The summed E-state index contributed by atoms with van der Waals surface area (Å²) in [4.78, 5) is 17.5. The van der Waals surface area contributed by atoms with Crippen LogP contribution in [0.4, 0.5) is 10.1 Å². The lowest BCUT2D eigenvalue weighted by Crippen LogP contribution is -2.37. The van der Waals surface area contributed by atoms with E-state index >= 15 is 0 Å². The first-order valence-electron chi connectivity index (χ1n) is 7.33. The summed E-state index contributed by atoms with van der Waals surface area (Å²) in [5.74, 6) is -0.840. The van der Waals surface area contributed by atoms with Crippen LogP contribution in [0.5, 0.6) is 0 Å². The summed E-state index contributed by atoms with van der Waals surface area (Å²) < 4.78 is 42.6. The van der Waals surface area contributed by atoms with Gasteiger partial charge in [-0.05, 0) is 24.6 Å². The van der Waals surface area contributed by atoms with Gasteiger partial charge in [0.15, 0.2) is 15.0 Å². The lowest BCUT2D eigenvalue weighted by atomic mass is 10.1. The molecule has 2 aliphatic rings. The molecule has 2 aliphatic heterocycles. The van der Waals surface area contributed by atoms with Crippen molar-refractivity contribution in [3.8, 4) is 0 Å². The van der Waals surface area contributed by atoms with E-state index in [9.17, 15) is 17.6 Å². The number of benzene rings is 1. The molecule has 2 saturated heterocycles. The highest BCUT2D eigenvalue weighted by Gasteiger charge is 2.49. The molecule has 0 spiro atoms. The number of aliphatic imine (C=N–C) groups is 1. The SMILES string of the molecule is COCC(=O)N=C1S[C@H]2CS(=O)(=O)C[C@H]2N1c1ccc(C)c(F)c1. The highest BCUT2D eigenvalue weighted by molar-refractivity contribution is 8.16. The second-order valence-electron chi connectivity index (χ2n) is 5.83. The first-order valence-corrected chi connectivity index (χ1v) is 10.0. The van der Waals surface area contributed by atoms with Gasteiger partial charge in [-0.2, -0.15) is 4.99 Å². The molecule has 1 aromatic carbocycles. The van der Waals surface area contributed by atoms with Crippen LogP contribution in [-0.4, -0.2) is 56.0 Å². The number of hydrogen-bond donors (Lipinski definition) is 0. The van der Waals surface area contributed by atoms with Crippen LogP contribution < -0.4 is 4.90 Å². The first kappa shape index (κ1) is 17.4. The summed E-state index contributed by atoms with van der Waals surface area (Å²) in [5.41, 5.74) is 0.995. The minimum atomic E-state index is -3.15. The Labute approximate surface area is 144 Å². The number of carbonyl (C=O) groups excluding carboxylic acids is 1. The fraction of sp³-hybridized carbons (Fsp3) is 0.467. The summed E-state index contributed by atoms with van der Waals surface area (Å²) in [5, 5.41) is 0.179. The molecule has 0 radical (unpaired) electrons. The monoisotopic (exact) mass is 372 g/mol. The van der Waals surface area contributed by atoms with E-state index in [1.165, 1.54) is 24.9 Å². The van der Waals surface area contributed by atoms with Crippen molar-refractivity contribution in [1.82, 2.24) is 0 Å². The van der Waals surface area contributed by atoms with Gasteiger partial charge in [-0.25, -0.2) is 12.8 Å². The Morgan fingerprint density at radius 3 is 2.88 bits per heavy atom. The molecule has 0 bridgehead atoms. The topological polar surface area (TPSA) is 76.0 Å². The Balaban J connectivity index is 2.01. The highest BCUT2D eigenvalue weighted by Crippen LogP contribution is 2.41. The normalized spacial score (nSPS) is 26.8. The largest absolute Gasteiger partial charge is 0.375 e. The van der Waals surface area contributed by atoms with E-state index in [-0.39, 0.29) is 35.2 Å². The number of hydrogen-bond acceptors (Lipinski definition) is 5. The standard InChI is InChI=1S/C15H17FN2O4S2/c1-9-3-4-10(5-11(9)16)18-12-7-24(20,21)8-13(12)23-15(18)17-14(19)6-22-2/h3-5,12-13H,6-8H2,1-2H3/t12-,13+/m1/s1. The van der Waals surface area contributed by atoms with Gasteiger partial charge in [0.25, 0.3) is 5.91 Å². The molecule has 0 aliphatic carbocycles. The number of ether oxygens (including phenoxy) is 1. The van der Waals surface area contributed by atoms with Gasteiger partial charge < -0.3 is 9.64 Å². The maximum atomic E-state index is 14.0. The van der Waals surface area contributed by atoms with E-state index in [0.29, 0.717) is 16.4 Å². The summed E-state index contributed by atoms with van der Waals surface area (Å²) in [6, 6.07) is 4.33. The second-order valence-corrected chi connectivity index (χ2v) is 9.19. The van der Waals surface area contributed by atoms with Crippen LogP contribution in [0.1, 0.15) is 5.56 Å². The molecular weight excluding hydrogens is 355 g/mol. The van der Waals surface area contributed by atoms with Crippen molar-refractivity contribution in [2.24, 2.45) is 4.99 Å². The van der Waals surface area contributed by atoms with Crippen LogP contribution in [0.25, 0.3) is 0 Å². The van der Waals surface area contributed by atoms with Crippen LogP contribution in [0.15, 0.2) is 23.2 Å². The van der Waals surface area contributed by atoms with Gasteiger partial charge in [0.2, 0.25) is 0 Å². The molecule has 3 rings (SSSR count). The zero-order valence-corrected chi connectivity index (χ0v) is 14.9. The number of carbonyl (C=O) groups is 1. The number of methoxy groups -OCH3 is 1. The molecule has 0 aromatic heterocycles. The van der Waals surface area contributed by atoms with Gasteiger partial charge >= 0.3 is 0 Å². The molecule has 2 fully saturated rings. The van der Waals surface area contributed by atoms with Crippen LogP contribution in [0, 0.1) is 12.7 Å². The van der Waals surface area contributed by atoms with Gasteiger partial charge in [-0.15, -0.1) is 0 Å². The number of aryl methyl sites for hydroxylation is 1. The van der Waals surface area contributed by atoms with E-state index in [1.807, 2.05) is 0 Å². The second kappa shape index (κ2) is 6.45. The third-order valence-electron chi connectivity index (χ3n) is 3.99. The molecule has 1 aromatic rings. The molecule has 130 valence electrons. The first-order chi connectivity index (χ1) is 11.3. The van der Waals surface area contributed by atoms with E-state index in [2.05, 4.69) is 4.99 Å². The number of anilines is 1. The molecular formula is C15H17FN2O4S2. The number of halogens is 1. The lowest BCUT2D eigenvalue weighted by molar-refractivity contribution is -0.121. The Kier molecular flexibility index (Phi) is 4.67. The van der Waals surface area contributed by atoms with Gasteiger partial charge in [0.1, 0.15) is 12.4 Å². The molecule has 2 heterocycles. The van der Waals surface area contributed by atoms with Crippen molar-refractivity contribution in [2.75, 3.05) is 30.1 Å². The Morgan fingerprint density at radius 2 is 2.21 bits per heavy atom. The lowest BCUT2D eigenvalue weighted by Gasteiger charge is -2.24. The predicted molar refractivity (Wildman–Crippen MR) is 91.8 cm³/mol. The minimum Gasteiger partial charge on any atom is -0.375 e. The van der Waals surface area contributed by atoms with Gasteiger partial charge in [0.05, 0.1) is 17.5 Å². The summed E-state index contributed by atoms with van der Waals surface area (Å²) in [6.07, 6.45) is 0. The smallest absolute Gasteiger partial charge is 0.274 e. The number of sulfone groups is 1. The fourth-order valence-corrected chi connectivity index (χ4v) is 6.79. The number of rotatable bonds is 3. The Hall–Kier alpha value is -1.45. The number of amides is 1. The maximum Gasteiger partial charge on any atom is 0.274 e. The van der Waals surface area contributed by atoms with Crippen LogP contribution in [0.2, 0.25) is 0 Å². The van der Waals surface area contributed by atoms with Crippen molar-refractivity contribution in [3.63, 3.8) is 0 Å². The van der Waals surface area contributed by atoms with Crippen LogP contribution in [0.3, 0.4) is 0 Å². The number of thioether (sulfide) groups is 1. The molecule has 0 N–H and O–H groups in total. The fourth-order valence-electron chi connectivity index (χ4n) is 2.86. The van der Waals surface area contributed by atoms with E-state index < -0.39 is 15.7 Å². The molecule has 9 heteroatoms. The zero-order valence-electron chi connectivity index (χ0n) is 13.2. The molecule has 0 saturated carbocycles. The zero-order chi connectivity index (χ0) is 17.5. The summed E-state index contributed by atoms with van der Waals surface area (Å²) in [6.45, 7) is 1.49. The predicted octanol–water partition coefficient (Wildman–Crippen LogP) is 1.38. The average Bonchev–Trinajstić information content (AvgIpc) is 2.93. The molecule has 2 atom stereocenters. The van der Waals surface area contributed by atoms with E-state index in [1.54, 1.807) is 24.0 Å². The van der Waals surface area contributed by atoms with Crippen molar-refractivity contribution in [1.29, 1.82) is 0 Å². The quantitative estimate of drug-likeness (QED) is 0.798. The Bertz CT molecular complexity index is 810. The maximum absolute atomic E-state index is 14.0. The third-order valence-corrected chi connectivity index (χ3v) is 7.20. The highest BCUT2D eigenvalue weighted by atomic mass is 32.2. The average molecular weight is 372 g/mol. The minimum absolute atomic E-state index is 0.0301. The summed E-state index contributed by atoms with van der Waals surface area (Å²) in [7, 11) is -1.75. The Morgan fingerprint density at radius 1 is 1.46 bits per heavy atom. The molecule has 6 nitrogen and oxygen atoms in total. The number of amidine groups is 1. The van der Waals surface area contributed by atoms with Crippen LogP contribution in [-0.2, 0) is 19.4 Å². The number of nitrogens with zero attached hydrogens (tertiary/aromatic N) is 2. The molecule has 24 heavy (non-hydrogen) atoms. The molecule has 1 amide bonds. The van der Waals surface area contributed by atoms with Crippen molar-refractivity contribution >= 4 is 38.4 Å². The summed E-state index contributed by atoms with van der Waals surface area (Å²) >= 11 is 1.25.